The fraction of sp³-hybridized carbons (Fsp3) is 0.297. The smallest absolute Gasteiger partial charge is 0.416 e. The summed E-state index contributed by atoms with van der Waals surface area (Å²) in [7, 11) is 0. The number of halogens is 6. The number of alkyl halides is 6. The molecule has 2 aliphatic carbocycles. The Morgan fingerprint density at radius 2 is 1.29 bits per heavy atom. The maximum atomic E-state index is 12.8. The topological polar surface area (TPSA) is 133 Å². The summed E-state index contributed by atoms with van der Waals surface area (Å²) in [6, 6.07) is 8.72. The third-order valence-electron chi connectivity index (χ3n) is 7.69. The molecule has 2 aromatic carbocycles. The van der Waals surface area contributed by atoms with Crippen molar-refractivity contribution in [1.29, 1.82) is 0 Å². The van der Waals surface area contributed by atoms with Gasteiger partial charge in [-0.15, -0.1) is 0 Å². The molecule has 0 aromatic heterocycles. The van der Waals surface area contributed by atoms with E-state index < -0.39 is 41.0 Å². The van der Waals surface area contributed by atoms with Gasteiger partial charge in [0.1, 0.15) is 0 Å². The molecule has 0 atom stereocenters. The number of nitrogens with one attached hydrogen (secondary N) is 2. The van der Waals surface area contributed by atoms with Crippen LogP contribution in [0.1, 0.15) is 69.1 Å². The summed E-state index contributed by atoms with van der Waals surface area (Å²) in [5.41, 5.74) is 1.25. The summed E-state index contributed by atoms with van der Waals surface area (Å²) in [6.45, 7) is 7.54. The van der Waals surface area contributed by atoms with Gasteiger partial charge < -0.3 is 20.8 Å². The summed E-state index contributed by atoms with van der Waals surface area (Å²) in [5.74, 6) is -2.32. The van der Waals surface area contributed by atoms with Crippen LogP contribution in [0.3, 0.4) is 0 Å². The molecule has 2 aliphatic rings. The summed E-state index contributed by atoms with van der Waals surface area (Å²) in [4.78, 5) is 43.6. The summed E-state index contributed by atoms with van der Waals surface area (Å²) in [6.07, 6.45) is 2.38. The highest BCUT2D eigenvalue weighted by Crippen LogP contribution is 2.38. The van der Waals surface area contributed by atoms with Gasteiger partial charge in [0.2, 0.25) is 0 Å². The van der Waals surface area contributed by atoms with Crippen molar-refractivity contribution in [2.45, 2.75) is 71.1 Å². The number of aliphatic carboxylic acids is 1. The predicted molar refractivity (Wildman–Crippen MR) is 181 cm³/mol. The number of benzene rings is 2. The van der Waals surface area contributed by atoms with Crippen LogP contribution in [0.5, 0.6) is 0 Å². The summed E-state index contributed by atoms with van der Waals surface area (Å²) in [5, 5.41) is 20.8. The first-order valence-electron chi connectivity index (χ1n) is 15.6. The number of carboxylic acid groups (broad SMARTS) is 2. The van der Waals surface area contributed by atoms with E-state index in [0.717, 1.165) is 36.9 Å². The molecule has 4 N–H and O–H groups in total. The minimum atomic E-state index is -5.04. The van der Waals surface area contributed by atoms with E-state index in [1.165, 1.54) is 16.7 Å². The first kappa shape index (κ1) is 41.8. The normalized spacial score (nSPS) is 14.7. The molecule has 51 heavy (non-hydrogen) atoms. The number of amides is 2. The zero-order valence-corrected chi connectivity index (χ0v) is 27.9. The van der Waals surface area contributed by atoms with Crippen molar-refractivity contribution < 1.29 is 55.7 Å². The Bertz CT molecular complexity index is 1690. The molecule has 2 amide bonds. The van der Waals surface area contributed by atoms with Gasteiger partial charge >= 0.3 is 18.3 Å². The van der Waals surface area contributed by atoms with Gasteiger partial charge in [0.15, 0.2) is 0 Å². The highest BCUT2D eigenvalue weighted by Gasteiger charge is 2.37. The standard InChI is InChI=1S/C21H25NO.C15H11F6NO3.CH2O2/c1-4-7-16(2)8-5-10-18-12-14-19(15-13-18)22-21(23)20-11-6-9-17(20)3;16-14(17,18)7-4-8(15(19,20)21)6-9(5-7)22-12(23)10-2-1-3-11(10)13(24)25;2-1-3/h4-5,7-8,12-15H,1,6,9-11H2,2-3H3,(H,22,23);4-6H,1-3H2,(H,22,23)(H,24,25);1H,(H,2,3)/b8-5-,16-7-;;. The third-order valence-corrected chi connectivity index (χ3v) is 7.69. The van der Waals surface area contributed by atoms with Crippen molar-refractivity contribution in [3.8, 4) is 0 Å². The second-order valence-electron chi connectivity index (χ2n) is 11.5. The Balaban J connectivity index is 0.000000329. The van der Waals surface area contributed by atoms with Crippen LogP contribution < -0.4 is 10.6 Å². The van der Waals surface area contributed by atoms with Gasteiger partial charge in [0.25, 0.3) is 18.3 Å². The van der Waals surface area contributed by atoms with Crippen LogP contribution in [0.15, 0.2) is 101 Å². The van der Waals surface area contributed by atoms with Crippen LogP contribution in [0, 0.1) is 0 Å². The molecular weight excluding hydrogens is 682 g/mol. The number of rotatable bonds is 9. The number of hydrogen-bond donors (Lipinski definition) is 4. The van der Waals surface area contributed by atoms with Gasteiger partial charge in [0, 0.05) is 28.1 Å². The minimum Gasteiger partial charge on any atom is -0.483 e. The number of hydrogen-bond acceptors (Lipinski definition) is 4. The van der Waals surface area contributed by atoms with Gasteiger partial charge in [-0.2, -0.15) is 26.3 Å². The molecule has 0 fully saturated rings. The maximum Gasteiger partial charge on any atom is 0.416 e. The van der Waals surface area contributed by atoms with Crippen LogP contribution >= 0.6 is 0 Å². The summed E-state index contributed by atoms with van der Waals surface area (Å²) >= 11 is 0. The predicted octanol–water partition coefficient (Wildman–Crippen LogP) is 9.29. The lowest BCUT2D eigenvalue weighted by atomic mass is 10.1. The Morgan fingerprint density at radius 3 is 1.78 bits per heavy atom. The van der Waals surface area contributed by atoms with E-state index in [2.05, 4.69) is 50.0 Å². The Morgan fingerprint density at radius 1 is 0.804 bits per heavy atom. The maximum absolute atomic E-state index is 12.8. The Hall–Kier alpha value is -5.40. The zero-order chi connectivity index (χ0) is 38.4. The Kier molecular flexibility index (Phi) is 15.7. The van der Waals surface area contributed by atoms with Crippen LogP contribution in [0.25, 0.3) is 0 Å². The molecule has 8 nitrogen and oxygen atoms in total. The molecule has 274 valence electrons. The number of carbonyl (C=O) groups is 4. The van der Waals surface area contributed by atoms with Gasteiger partial charge in [-0.05, 0) is 94.7 Å². The fourth-order valence-electron chi connectivity index (χ4n) is 5.22. The molecule has 0 saturated heterocycles. The number of carboxylic acids is 1. The molecule has 0 aliphatic heterocycles. The highest BCUT2D eigenvalue weighted by atomic mass is 19.4. The SMILES string of the molecule is C=C/C=C(C)\C=C/Cc1ccc(NC(=O)C2=C(C)CCC2)cc1.O=C(O)C1=C(C(=O)Nc2cc(C(F)(F)F)cc(C(F)(F)F)c2)CCC1.O=CO. The Labute approximate surface area is 290 Å². The molecular formula is C37H38F6N2O6. The van der Waals surface area contributed by atoms with Crippen LogP contribution in [-0.2, 0) is 38.0 Å². The van der Waals surface area contributed by atoms with Crippen molar-refractivity contribution in [1.82, 2.24) is 0 Å². The zero-order valence-electron chi connectivity index (χ0n) is 27.9. The first-order valence-corrected chi connectivity index (χ1v) is 15.6. The van der Waals surface area contributed by atoms with Crippen molar-refractivity contribution in [2.75, 3.05) is 10.6 Å². The molecule has 2 aromatic rings. The largest absolute Gasteiger partial charge is 0.483 e. The number of allylic oxidation sites excluding steroid dienone is 6. The second-order valence-corrected chi connectivity index (χ2v) is 11.5. The van der Waals surface area contributed by atoms with E-state index in [0.29, 0.717) is 18.6 Å². The van der Waals surface area contributed by atoms with E-state index in [1.54, 1.807) is 6.08 Å². The molecule has 0 saturated carbocycles. The average Bonchev–Trinajstić information content (AvgIpc) is 3.72. The van der Waals surface area contributed by atoms with Gasteiger partial charge in [-0.1, -0.05) is 54.2 Å². The van der Waals surface area contributed by atoms with Crippen molar-refractivity contribution in [2.24, 2.45) is 0 Å². The van der Waals surface area contributed by atoms with E-state index in [1.807, 2.05) is 23.5 Å². The van der Waals surface area contributed by atoms with Gasteiger partial charge in [-0.3, -0.25) is 14.4 Å². The molecule has 0 spiro atoms. The average molecular weight is 721 g/mol. The van der Waals surface area contributed by atoms with E-state index in [9.17, 15) is 40.7 Å². The fourth-order valence-corrected chi connectivity index (χ4v) is 5.22. The lowest BCUT2D eigenvalue weighted by molar-refractivity contribution is -0.143. The summed E-state index contributed by atoms with van der Waals surface area (Å²) < 4.78 is 76.7. The lowest BCUT2D eigenvalue weighted by Crippen LogP contribution is -2.18. The van der Waals surface area contributed by atoms with Crippen LogP contribution in [0.4, 0.5) is 37.7 Å². The quantitative estimate of drug-likeness (QED) is 0.116. The molecule has 0 unspecified atom stereocenters. The van der Waals surface area contributed by atoms with Crippen LogP contribution in [-0.4, -0.2) is 34.5 Å². The van der Waals surface area contributed by atoms with Crippen molar-refractivity contribution in [3.05, 3.63) is 118 Å². The molecule has 0 radical (unpaired) electrons. The van der Waals surface area contributed by atoms with E-state index in [4.69, 9.17) is 15.0 Å². The first-order chi connectivity index (χ1) is 23.9. The third kappa shape index (κ3) is 13.4. The van der Waals surface area contributed by atoms with E-state index >= 15 is 0 Å². The number of anilines is 2. The van der Waals surface area contributed by atoms with Gasteiger partial charge in [-0.25, -0.2) is 4.79 Å². The van der Waals surface area contributed by atoms with Crippen molar-refractivity contribution >= 4 is 35.6 Å². The lowest BCUT2D eigenvalue weighted by Gasteiger charge is -2.15. The second kappa shape index (κ2) is 19.1. The highest BCUT2D eigenvalue weighted by molar-refractivity contribution is 6.09. The number of carbonyl (C=O) groups excluding carboxylic acids is 2. The van der Waals surface area contributed by atoms with E-state index in [-0.39, 0.29) is 42.4 Å². The molecule has 14 heteroatoms. The van der Waals surface area contributed by atoms with Gasteiger partial charge in [0.05, 0.1) is 11.1 Å². The van der Waals surface area contributed by atoms with Crippen molar-refractivity contribution in [3.63, 3.8) is 0 Å². The minimum absolute atomic E-state index is 0.0535. The molecule has 4 rings (SSSR count). The monoisotopic (exact) mass is 720 g/mol. The van der Waals surface area contributed by atoms with Crippen LogP contribution in [0.2, 0.25) is 0 Å². The molecule has 0 heterocycles. The molecule has 0 bridgehead atoms.